The van der Waals surface area contributed by atoms with Crippen LogP contribution in [-0.4, -0.2) is 67.1 Å². The van der Waals surface area contributed by atoms with E-state index in [2.05, 4.69) is 19.9 Å². The van der Waals surface area contributed by atoms with Gasteiger partial charge in [-0.05, 0) is 50.1 Å². The first kappa shape index (κ1) is 25.8. The molecule has 4 heterocycles. The fourth-order valence-corrected chi connectivity index (χ4v) is 6.12. The van der Waals surface area contributed by atoms with Crippen LogP contribution in [0.15, 0.2) is 42.6 Å². The number of aliphatic hydroxyl groups is 1. The first-order chi connectivity index (χ1) is 18.6. The molecular weight excluding hydrogens is 502 g/mol. The lowest BCUT2D eigenvalue weighted by Crippen LogP contribution is -2.43. The van der Waals surface area contributed by atoms with Crippen molar-refractivity contribution in [2.45, 2.75) is 63.3 Å². The largest absolute Gasteiger partial charge is 0.507 e. The Labute approximate surface area is 225 Å². The summed E-state index contributed by atoms with van der Waals surface area (Å²) in [4.78, 5) is 15.6. The van der Waals surface area contributed by atoms with E-state index in [4.69, 9.17) is 4.74 Å². The zero-order valence-electron chi connectivity index (χ0n) is 22.3. The lowest BCUT2D eigenvalue weighted by Gasteiger charge is -2.31. The van der Waals surface area contributed by atoms with Gasteiger partial charge in [-0.1, -0.05) is 37.3 Å². The summed E-state index contributed by atoms with van der Waals surface area (Å²) in [7, 11) is 0. The third-order valence-corrected chi connectivity index (χ3v) is 8.54. The van der Waals surface area contributed by atoms with Crippen molar-refractivity contribution in [3.8, 4) is 23.0 Å². The lowest BCUT2D eigenvalue weighted by molar-refractivity contribution is 0.0544. The Morgan fingerprint density at radius 1 is 1.18 bits per heavy atom. The summed E-state index contributed by atoms with van der Waals surface area (Å²) < 4.78 is 36.7. The number of halogens is 2. The fraction of sp³-hybridized carbons (Fsp3) is 0.433. The van der Waals surface area contributed by atoms with E-state index in [1.807, 2.05) is 18.2 Å². The number of benzene rings is 2. The average molecular weight is 535 g/mol. The summed E-state index contributed by atoms with van der Waals surface area (Å²) in [6, 6.07) is 10.6. The van der Waals surface area contributed by atoms with Gasteiger partial charge in [0.05, 0.1) is 22.4 Å². The van der Waals surface area contributed by atoms with Gasteiger partial charge in [-0.3, -0.25) is 9.88 Å². The normalized spacial score (nSPS) is 22.5. The van der Waals surface area contributed by atoms with Crippen molar-refractivity contribution in [1.29, 1.82) is 0 Å². The highest BCUT2D eigenvalue weighted by atomic mass is 19.1. The Morgan fingerprint density at radius 3 is 2.77 bits per heavy atom. The number of nitrogens with zero attached hydrogens (tertiary/aromatic N) is 4. The van der Waals surface area contributed by atoms with Crippen LogP contribution >= 0.6 is 0 Å². The molecule has 7 nitrogen and oxygen atoms in total. The molecule has 0 spiro atoms. The van der Waals surface area contributed by atoms with E-state index in [-0.39, 0.29) is 35.1 Å². The van der Waals surface area contributed by atoms with Gasteiger partial charge in [0.15, 0.2) is 5.82 Å². The summed E-state index contributed by atoms with van der Waals surface area (Å²) in [5.74, 6) is -1.33. The molecule has 2 aromatic heterocycles. The molecule has 0 unspecified atom stereocenters. The molecule has 0 amide bonds. The van der Waals surface area contributed by atoms with Gasteiger partial charge in [0.25, 0.3) is 0 Å². The maximum Gasteiger partial charge on any atom is 0.317 e. The highest BCUT2D eigenvalue weighted by Crippen LogP contribution is 2.42. The predicted molar refractivity (Wildman–Crippen MR) is 145 cm³/mol. The Bertz CT molecular complexity index is 1570. The molecule has 4 aromatic rings. The van der Waals surface area contributed by atoms with Crippen LogP contribution in [-0.2, 0) is 0 Å². The first-order valence-corrected chi connectivity index (χ1v) is 13.4. The molecule has 204 valence electrons. The van der Waals surface area contributed by atoms with Crippen LogP contribution in [0.2, 0.25) is 0 Å². The van der Waals surface area contributed by atoms with Gasteiger partial charge in [-0.2, -0.15) is 9.97 Å². The number of fused-ring (bicyclic) bond motifs is 3. The Kier molecular flexibility index (Phi) is 6.19. The zero-order chi connectivity index (χ0) is 27.5. The molecule has 0 radical (unpaired) electrons. The highest BCUT2D eigenvalue weighted by molar-refractivity contribution is 6.00. The number of pyridine rings is 1. The van der Waals surface area contributed by atoms with Crippen molar-refractivity contribution in [2.75, 3.05) is 19.7 Å². The van der Waals surface area contributed by atoms with Crippen molar-refractivity contribution in [2.24, 2.45) is 0 Å². The summed E-state index contributed by atoms with van der Waals surface area (Å²) in [6.07, 6.45) is 2.75. The fourth-order valence-electron chi connectivity index (χ4n) is 6.12. The van der Waals surface area contributed by atoms with E-state index in [1.165, 1.54) is 12.3 Å². The smallest absolute Gasteiger partial charge is 0.317 e. The maximum atomic E-state index is 16.3. The number of aromatic nitrogens is 3. The van der Waals surface area contributed by atoms with E-state index >= 15 is 4.39 Å². The highest BCUT2D eigenvalue weighted by Gasteiger charge is 2.49. The number of aromatic hydroxyl groups is 1. The molecular formula is C30H32F2N4O3. The zero-order valence-corrected chi connectivity index (χ0v) is 22.3. The average Bonchev–Trinajstić information content (AvgIpc) is 3.42. The van der Waals surface area contributed by atoms with Crippen LogP contribution in [0.4, 0.5) is 8.78 Å². The number of alkyl halides is 1. The van der Waals surface area contributed by atoms with Crippen LogP contribution in [0.5, 0.6) is 11.8 Å². The Morgan fingerprint density at radius 2 is 1.97 bits per heavy atom. The minimum atomic E-state index is -1.17. The molecule has 0 saturated carbocycles. The Balaban J connectivity index is 1.49. The number of ether oxygens (including phenoxy) is 1. The van der Waals surface area contributed by atoms with Crippen molar-refractivity contribution < 1.29 is 23.7 Å². The second-order valence-electron chi connectivity index (χ2n) is 11.5. The molecule has 9 heteroatoms. The molecule has 2 aromatic carbocycles. The third kappa shape index (κ3) is 4.37. The van der Waals surface area contributed by atoms with E-state index in [1.54, 1.807) is 32.9 Å². The molecule has 39 heavy (non-hydrogen) atoms. The standard InChI is InChI=1S/C30H32F2N4O3/c1-17(29(2,3)38)25-21-14-33-27(23-20-8-5-4-7-18(20)9-10-22(23)37)24(32)26(21)35-28(34-25)39-16-30-11-6-12-36(30)15-19(31)13-30/h4-5,7-10,14,17,19,37-38H,6,11-13,15-16H2,1-3H3/t17-,19-,30+/m1/s1. The van der Waals surface area contributed by atoms with Gasteiger partial charge in [0, 0.05) is 30.5 Å². The van der Waals surface area contributed by atoms with Gasteiger partial charge in [0.2, 0.25) is 0 Å². The van der Waals surface area contributed by atoms with E-state index in [0.29, 0.717) is 29.4 Å². The van der Waals surface area contributed by atoms with Gasteiger partial charge in [-0.25, -0.2) is 8.78 Å². The summed E-state index contributed by atoms with van der Waals surface area (Å²) in [6.45, 7) is 6.53. The van der Waals surface area contributed by atoms with Crippen LogP contribution in [0.1, 0.15) is 51.6 Å². The predicted octanol–water partition coefficient (Wildman–Crippen LogP) is 5.52. The SMILES string of the molecule is C[C@H](c1nc(OC[C@@]23CCCN2C[C@H](F)C3)nc2c(F)c(-c3c(O)ccc4ccccc34)ncc12)C(C)(C)O. The summed E-state index contributed by atoms with van der Waals surface area (Å²) >= 11 is 0. The molecule has 2 saturated heterocycles. The molecule has 6 rings (SSSR count). The minimum Gasteiger partial charge on any atom is -0.507 e. The molecule has 0 bridgehead atoms. The lowest BCUT2D eigenvalue weighted by atomic mass is 9.88. The quantitative estimate of drug-likeness (QED) is 0.337. The second kappa shape index (κ2) is 9.34. The van der Waals surface area contributed by atoms with Crippen LogP contribution in [0.3, 0.4) is 0 Å². The topological polar surface area (TPSA) is 91.6 Å². The second-order valence-corrected chi connectivity index (χ2v) is 11.5. The molecule has 3 atom stereocenters. The summed E-state index contributed by atoms with van der Waals surface area (Å²) in [5.41, 5.74) is -0.977. The van der Waals surface area contributed by atoms with Gasteiger partial charge in [0.1, 0.15) is 29.7 Å². The van der Waals surface area contributed by atoms with Gasteiger partial charge in [-0.15, -0.1) is 0 Å². The molecule has 2 aliphatic rings. The van der Waals surface area contributed by atoms with Crippen LogP contribution < -0.4 is 4.74 Å². The van der Waals surface area contributed by atoms with Crippen molar-refractivity contribution in [3.63, 3.8) is 0 Å². The summed E-state index contributed by atoms with van der Waals surface area (Å²) in [5, 5.41) is 23.4. The number of hydrogen-bond donors (Lipinski definition) is 2. The minimum absolute atomic E-state index is 0.0148. The maximum absolute atomic E-state index is 16.3. The molecule has 2 aliphatic heterocycles. The first-order valence-electron chi connectivity index (χ1n) is 13.4. The van der Waals surface area contributed by atoms with Crippen LogP contribution in [0, 0.1) is 5.82 Å². The van der Waals surface area contributed by atoms with Crippen molar-refractivity contribution in [3.05, 3.63) is 54.1 Å². The number of phenols is 1. The third-order valence-electron chi connectivity index (χ3n) is 8.54. The Hall–Kier alpha value is -3.43. The van der Waals surface area contributed by atoms with E-state index < -0.39 is 29.0 Å². The molecule has 0 aliphatic carbocycles. The van der Waals surface area contributed by atoms with E-state index in [0.717, 1.165) is 24.8 Å². The molecule has 2 fully saturated rings. The monoisotopic (exact) mass is 534 g/mol. The van der Waals surface area contributed by atoms with Crippen molar-refractivity contribution >= 4 is 21.7 Å². The van der Waals surface area contributed by atoms with Crippen LogP contribution in [0.25, 0.3) is 32.9 Å². The van der Waals surface area contributed by atoms with Crippen molar-refractivity contribution in [1.82, 2.24) is 19.9 Å². The number of rotatable bonds is 6. The number of phenolic OH excluding ortho intramolecular Hbond substituents is 1. The van der Waals surface area contributed by atoms with E-state index in [9.17, 15) is 14.6 Å². The van der Waals surface area contributed by atoms with Gasteiger partial charge >= 0.3 is 6.01 Å². The number of hydrogen-bond acceptors (Lipinski definition) is 7. The van der Waals surface area contributed by atoms with Gasteiger partial charge < -0.3 is 14.9 Å². The molecule has 2 N–H and O–H groups in total.